The number of carbonyl (C=O) groups excluding carboxylic acids is 1. The molecule has 288 valence electrons. The van der Waals surface area contributed by atoms with Crippen LogP contribution in [0.25, 0.3) is 0 Å². The SMILES string of the molecule is COc1cc(O)c2c3c1O[C@H]1[C@H](N(CC(c4ccccc4)c4ccccc4)C(=O)CCCCCCCc4ccccc4)CC[C@H]4[C@@H](C2)N(CC2CC2)CC[C@@]341. The highest BCUT2D eigenvalue weighted by Crippen LogP contribution is 2.66. The van der Waals surface area contributed by atoms with E-state index in [0.29, 0.717) is 36.4 Å². The molecule has 6 heteroatoms. The van der Waals surface area contributed by atoms with Crippen molar-refractivity contribution in [1.29, 1.82) is 0 Å². The number of amides is 1. The fraction of sp³-hybridized carbons (Fsp3) is 0.490. The van der Waals surface area contributed by atoms with Crippen LogP contribution in [0.1, 0.15) is 104 Å². The van der Waals surface area contributed by atoms with E-state index in [1.54, 1.807) is 13.2 Å². The molecule has 5 aliphatic rings. The summed E-state index contributed by atoms with van der Waals surface area (Å²) >= 11 is 0. The quantitative estimate of drug-likeness (QED) is 0.116. The molecule has 1 amide bonds. The lowest BCUT2D eigenvalue weighted by atomic mass is 9.50. The van der Waals surface area contributed by atoms with Gasteiger partial charge in [-0.1, -0.05) is 110 Å². The Morgan fingerprint density at radius 2 is 1.56 bits per heavy atom. The van der Waals surface area contributed by atoms with Gasteiger partial charge in [-0.05, 0) is 92.9 Å². The number of unbranched alkanes of at least 4 members (excludes halogenated alkanes) is 4. The fourth-order valence-electron chi connectivity index (χ4n) is 11.3. The molecule has 1 saturated heterocycles. The number of hydrogen-bond acceptors (Lipinski definition) is 5. The summed E-state index contributed by atoms with van der Waals surface area (Å²) in [7, 11) is 1.68. The minimum absolute atomic E-state index is 0.0389. The molecule has 4 aromatic carbocycles. The molecule has 6 nitrogen and oxygen atoms in total. The number of hydrogen-bond donors (Lipinski definition) is 1. The topological polar surface area (TPSA) is 62.2 Å². The summed E-state index contributed by atoms with van der Waals surface area (Å²) in [5, 5.41) is 11.6. The van der Waals surface area contributed by atoms with Crippen LogP contribution in [-0.2, 0) is 23.1 Å². The minimum Gasteiger partial charge on any atom is -0.508 e. The van der Waals surface area contributed by atoms with Crippen LogP contribution in [0.15, 0.2) is 97.1 Å². The Morgan fingerprint density at radius 1 is 0.891 bits per heavy atom. The summed E-state index contributed by atoms with van der Waals surface area (Å²) in [4.78, 5) is 20.0. The van der Waals surface area contributed by atoms with Gasteiger partial charge in [-0.25, -0.2) is 0 Å². The first-order valence-corrected chi connectivity index (χ1v) is 21.3. The smallest absolute Gasteiger partial charge is 0.222 e. The number of aryl methyl sites for hydroxylation is 1. The van der Waals surface area contributed by atoms with Gasteiger partial charge < -0.3 is 19.5 Å². The van der Waals surface area contributed by atoms with Gasteiger partial charge in [-0.2, -0.15) is 0 Å². The van der Waals surface area contributed by atoms with E-state index in [4.69, 9.17) is 9.47 Å². The second-order valence-corrected chi connectivity index (χ2v) is 17.2. The number of benzene rings is 4. The molecule has 1 spiro atoms. The second kappa shape index (κ2) is 15.7. The van der Waals surface area contributed by atoms with Gasteiger partial charge in [0.2, 0.25) is 5.91 Å². The van der Waals surface area contributed by atoms with Crippen molar-refractivity contribution in [3.05, 3.63) is 125 Å². The first kappa shape index (κ1) is 36.4. The Kier molecular flexibility index (Phi) is 10.4. The maximum Gasteiger partial charge on any atom is 0.222 e. The average Bonchev–Trinajstić information content (AvgIpc) is 3.98. The summed E-state index contributed by atoms with van der Waals surface area (Å²) < 4.78 is 13.2. The minimum atomic E-state index is -0.255. The molecule has 0 unspecified atom stereocenters. The van der Waals surface area contributed by atoms with Crippen molar-refractivity contribution < 1.29 is 19.4 Å². The molecular formula is C49H58N2O4. The van der Waals surface area contributed by atoms with E-state index in [1.807, 2.05) is 0 Å². The Hall–Kier alpha value is -4.29. The molecule has 4 aromatic rings. The normalized spacial score (nSPS) is 25.0. The van der Waals surface area contributed by atoms with Crippen LogP contribution < -0.4 is 9.47 Å². The highest BCUT2D eigenvalue weighted by Gasteiger charge is 2.67. The number of methoxy groups -OCH3 is 1. The van der Waals surface area contributed by atoms with E-state index in [-0.39, 0.29) is 29.4 Å². The lowest BCUT2D eigenvalue weighted by molar-refractivity contribution is -0.143. The highest BCUT2D eigenvalue weighted by atomic mass is 16.5. The molecule has 3 aliphatic carbocycles. The number of phenolic OH excluding ortho intramolecular Hbond substituents is 1. The van der Waals surface area contributed by atoms with Gasteiger partial charge in [0.1, 0.15) is 11.9 Å². The molecule has 3 fully saturated rings. The molecule has 2 aliphatic heterocycles. The average molecular weight is 739 g/mol. The largest absolute Gasteiger partial charge is 0.508 e. The van der Waals surface area contributed by atoms with Gasteiger partial charge in [-0.15, -0.1) is 0 Å². The number of piperidine rings is 1. The molecule has 1 N–H and O–H groups in total. The van der Waals surface area contributed by atoms with Gasteiger partial charge in [0, 0.05) is 54.1 Å². The highest BCUT2D eigenvalue weighted by molar-refractivity contribution is 5.77. The first-order valence-electron chi connectivity index (χ1n) is 21.3. The zero-order chi connectivity index (χ0) is 37.4. The van der Waals surface area contributed by atoms with Gasteiger partial charge in [0.05, 0.1) is 13.2 Å². The summed E-state index contributed by atoms with van der Waals surface area (Å²) in [6.45, 7) is 2.81. The maximum absolute atomic E-state index is 15.0. The number of likely N-dealkylation sites (tertiary alicyclic amines) is 1. The van der Waals surface area contributed by atoms with Crippen molar-refractivity contribution in [2.24, 2.45) is 11.8 Å². The first-order chi connectivity index (χ1) is 27.0. The molecular weight excluding hydrogens is 681 g/mol. The molecule has 0 aromatic heterocycles. The number of aromatic hydroxyl groups is 1. The van der Waals surface area contributed by atoms with Crippen molar-refractivity contribution in [2.75, 3.05) is 26.7 Å². The second-order valence-electron chi connectivity index (χ2n) is 17.2. The lowest BCUT2D eigenvalue weighted by Gasteiger charge is -2.60. The van der Waals surface area contributed by atoms with E-state index in [1.165, 1.54) is 47.9 Å². The van der Waals surface area contributed by atoms with E-state index in [0.717, 1.165) is 81.7 Å². The van der Waals surface area contributed by atoms with Gasteiger partial charge >= 0.3 is 0 Å². The fourth-order valence-corrected chi connectivity index (χ4v) is 11.3. The van der Waals surface area contributed by atoms with Crippen LogP contribution >= 0.6 is 0 Å². The third-order valence-electron chi connectivity index (χ3n) is 14.1. The molecule has 5 atom stereocenters. The molecule has 2 saturated carbocycles. The Labute approximate surface area is 327 Å². The van der Waals surface area contributed by atoms with E-state index in [9.17, 15) is 9.90 Å². The van der Waals surface area contributed by atoms with Crippen LogP contribution in [0.5, 0.6) is 17.2 Å². The van der Waals surface area contributed by atoms with Crippen LogP contribution in [-0.4, -0.2) is 65.7 Å². The van der Waals surface area contributed by atoms with Crippen LogP contribution in [0.2, 0.25) is 0 Å². The van der Waals surface area contributed by atoms with Crippen molar-refractivity contribution in [3.63, 3.8) is 0 Å². The van der Waals surface area contributed by atoms with Crippen LogP contribution in [0, 0.1) is 11.8 Å². The van der Waals surface area contributed by atoms with Crippen molar-refractivity contribution >= 4 is 5.91 Å². The van der Waals surface area contributed by atoms with Crippen LogP contribution in [0.3, 0.4) is 0 Å². The lowest BCUT2D eigenvalue weighted by Crippen LogP contribution is -2.69. The molecule has 2 heterocycles. The Balaban J connectivity index is 1.02. The standard InChI is InChI=1S/C49H58N2O4/c1-54-44-31-43(52)38-30-42-40-26-27-41(48-49(40,46(38)47(44)55-48)28-29-50(42)32-35-24-25-35)51(33-39(36-19-11-6-12-20-36)37-21-13-7-14-22-37)45(53)23-15-4-2-3-8-16-34-17-9-5-10-18-34/h5-7,9-14,17-22,31,35,39-42,48,52H,2-4,8,15-16,23-30,32-33H2,1H3/t40-,41+,42+,48-,49-/m0/s1. The number of rotatable bonds is 16. The molecule has 0 radical (unpaired) electrons. The van der Waals surface area contributed by atoms with E-state index >= 15 is 0 Å². The number of nitrogens with zero attached hydrogens (tertiary/aromatic N) is 2. The predicted molar refractivity (Wildman–Crippen MR) is 218 cm³/mol. The van der Waals surface area contributed by atoms with E-state index < -0.39 is 0 Å². The van der Waals surface area contributed by atoms with Crippen molar-refractivity contribution in [1.82, 2.24) is 9.80 Å². The van der Waals surface area contributed by atoms with Gasteiger partial charge in [0.15, 0.2) is 11.5 Å². The Morgan fingerprint density at radius 3 is 2.25 bits per heavy atom. The summed E-state index contributed by atoms with van der Waals surface area (Å²) in [5.74, 6) is 3.29. The predicted octanol–water partition coefficient (Wildman–Crippen LogP) is 9.46. The van der Waals surface area contributed by atoms with Crippen LogP contribution in [0.4, 0.5) is 0 Å². The van der Waals surface area contributed by atoms with Crippen molar-refractivity contribution in [3.8, 4) is 17.2 Å². The summed E-state index contributed by atoms with van der Waals surface area (Å²) in [6.07, 6.45) is 13.5. The number of carbonyl (C=O) groups is 1. The Bertz CT molecular complexity index is 1890. The summed E-state index contributed by atoms with van der Waals surface area (Å²) in [5.41, 5.74) is 5.85. The molecule has 9 rings (SSSR count). The van der Waals surface area contributed by atoms with Crippen molar-refractivity contribution in [2.45, 2.75) is 113 Å². The van der Waals surface area contributed by atoms with Gasteiger partial charge in [0.25, 0.3) is 0 Å². The molecule has 2 bridgehead atoms. The van der Waals surface area contributed by atoms with Gasteiger partial charge in [-0.3, -0.25) is 9.69 Å². The maximum atomic E-state index is 15.0. The molecule has 55 heavy (non-hydrogen) atoms. The zero-order valence-corrected chi connectivity index (χ0v) is 32.6. The number of phenols is 1. The summed E-state index contributed by atoms with van der Waals surface area (Å²) in [6, 6.07) is 34.3. The number of ether oxygens (including phenoxy) is 2. The zero-order valence-electron chi connectivity index (χ0n) is 32.6. The third kappa shape index (κ3) is 6.94. The monoisotopic (exact) mass is 738 g/mol. The third-order valence-corrected chi connectivity index (χ3v) is 14.1. The van der Waals surface area contributed by atoms with E-state index in [2.05, 4.69) is 101 Å².